The summed E-state index contributed by atoms with van der Waals surface area (Å²) in [6.45, 7) is 8.40. The van der Waals surface area contributed by atoms with Crippen molar-refractivity contribution in [2.45, 2.75) is 32.5 Å². The molecule has 1 aliphatic heterocycles. The van der Waals surface area contributed by atoms with Crippen molar-refractivity contribution in [1.29, 1.82) is 0 Å². The summed E-state index contributed by atoms with van der Waals surface area (Å²) in [7, 11) is 1.69. The minimum atomic E-state index is -0.373. The summed E-state index contributed by atoms with van der Waals surface area (Å²) in [5.41, 5.74) is 3.48. The van der Waals surface area contributed by atoms with Crippen molar-refractivity contribution >= 4 is 30.8 Å². The molecule has 1 saturated heterocycles. The van der Waals surface area contributed by atoms with E-state index in [1.54, 1.807) is 7.11 Å². The molecule has 3 aromatic carbocycles. The van der Waals surface area contributed by atoms with Gasteiger partial charge in [0, 0.05) is 32.7 Å². The third kappa shape index (κ3) is 8.21. The first-order chi connectivity index (χ1) is 17.0. The molecule has 200 valence electrons. The van der Waals surface area contributed by atoms with Crippen LogP contribution in [-0.2, 0) is 16.1 Å². The zero-order valence-corrected chi connectivity index (χ0v) is 23.4. The number of esters is 1. The van der Waals surface area contributed by atoms with E-state index in [4.69, 9.17) is 9.47 Å². The molecule has 1 aliphatic rings. The maximum Gasteiger partial charge on any atom is 0.309 e. The van der Waals surface area contributed by atoms with E-state index in [1.165, 1.54) is 11.1 Å². The van der Waals surface area contributed by atoms with Crippen LogP contribution in [0.5, 0.6) is 5.75 Å². The molecule has 0 saturated carbocycles. The molecule has 4 rings (SSSR count). The van der Waals surface area contributed by atoms with Crippen molar-refractivity contribution in [3.05, 3.63) is 102 Å². The van der Waals surface area contributed by atoms with Gasteiger partial charge in [-0.15, -0.1) is 24.8 Å². The summed E-state index contributed by atoms with van der Waals surface area (Å²) >= 11 is 0. The zero-order valence-electron chi connectivity index (χ0n) is 21.8. The molecule has 2 atom stereocenters. The molecule has 0 bridgehead atoms. The molecule has 3 aromatic rings. The van der Waals surface area contributed by atoms with Gasteiger partial charge >= 0.3 is 5.97 Å². The van der Waals surface area contributed by atoms with Crippen LogP contribution in [0.15, 0.2) is 84.9 Å². The van der Waals surface area contributed by atoms with E-state index in [2.05, 4.69) is 58.3 Å². The molecular weight excluding hydrogens is 507 g/mol. The van der Waals surface area contributed by atoms with Crippen molar-refractivity contribution in [3.8, 4) is 5.75 Å². The number of benzene rings is 3. The average molecular weight is 546 g/mol. The second-order valence-corrected chi connectivity index (χ2v) is 9.44. The van der Waals surface area contributed by atoms with Crippen LogP contribution in [0.2, 0.25) is 0 Å². The molecule has 0 aromatic heterocycles. The molecule has 37 heavy (non-hydrogen) atoms. The second-order valence-electron chi connectivity index (χ2n) is 9.44. The lowest BCUT2D eigenvalue weighted by Gasteiger charge is -2.42. The first-order valence-corrected chi connectivity index (χ1v) is 12.4. The minimum Gasteiger partial charge on any atom is -0.497 e. The van der Waals surface area contributed by atoms with E-state index in [0.717, 1.165) is 44.0 Å². The van der Waals surface area contributed by atoms with E-state index in [9.17, 15) is 4.79 Å². The Morgan fingerprint density at radius 3 is 1.84 bits per heavy atom. The Morgan fingerprint density at radius 1 is 0.784 bits per heavy atom. The molecule has 1 fully saturated rings. The van der Waals surface area contributed by atoms with E-state index in [1.807, 2.05) is 50.2 Å². The summed E-state index contributed by atoms with van der Waals surface area (Å²) in [6.07, 6.45) is -0.373. The molecule has 0 aliphatic carbocycles. The fraction of sp³-hybridized carbons (Fsp3) is 0.367. The smallest absolute Gasteiger partial charge is 0.309 e. The van der Waals surface area contributed by atoms with Crippen LogP contribution in [0.3, 0.4) is 0 Å². The minimum absolute atomic E-state index is 0. The van der Waals surface area contributed by atoms with Gasteiger partial charge in [0.25, 0.3) is 0 Å². The number of hydrogen-bond donors (Lipinski definition) is 0. The lowest BCUT2D eigenvalue weighted by molar-refractivity contribution is -0.158. The number of nitrogens with zero attached hydrogens (tertiary/aromatic N) is 2. The van der Waals surface area contributed by atoms with Crippen LogP contribution in [-0.4, -0.2) is 49.1 Å². The lowest BCUT2D eigenvalue weighted by Crippen LogP contribution is -2.48. The fourth-order valence-electron chi connectivity index (χ4n) is 4.63. The van der Waals surface area contributed by atoms with Crippen molar-refractivity contribution < 1.29 is 14.3 Å². The van der Waals surface area contributed by atoms with Gasteiger partial charge in [-0.3, -0.25) is 14.6 Å². The van der Waals surface area contributed by atoms with Gasteiger partial charge in [-0.25, -0.2) is 0 Å². The number of carbonyl (C=O) groups is 1. The number of hydrogen-bond acceptors (Lipinski definition) is 5. The highest BCUT2D eigenvalue weighted by atomic mass is 35.5. The van der Waals surface area contributed by atoms with Gasteiger partial charge in [0.1, 0.15) is 11.9 Å². The van der Waals surface area contributed by atoms with E-state index < -0.39 is 0 Å². The third-order valence-electron chi connectivity index (χ3n) is 6.64. The summed E-state index contributed by atoms with van der Waals surface area (Å²) in [4.78, 5) is 17.7. The number of halogens is 2. The third-order valence-corrected chi connectivity index (χ3v) is 6.64. The SMILES string of the molecule is COc1ccc(CN2CCN(C(c3ccccc3)C(OC(=O)C(C)C)c3ccccc3)CC2)cc1.Cl.Cl. The normalized spacial score (nSPS) is 15.7. The van der Waals surface area contributed by atoms with Crippen LogP contribution in [0.25, 0.3) is 0 Å². The Labute approximate surface area is 233 Å². The Hall–Kier alpha value is -2.57. The molecule has 0 radical (unpaired) electrons. The topological polar surface area (TPSA) is 42.0 Å². The molecule has 5 nitrogen and oxygen atoms in total. The standard InChI is InChI=1S/C30H36N2O3.2ClH/c1-23(2)30(33)35-29(26-12-8-5-9-13-26)28(25-10-6-4-7-11-25)32-20-18-31(19-21-32)22-24-14-16-27(34-3)17-15-24;;/h4-17,23,28-29H,18-22H2,1-3H3;2*1H. The molecular formula is C30H38Cl2N2O3. The van der Waals surface area contributed by atoms with Gasteiger partial charge in [0.2, 0.25) is 0 Å². The van der Waals surface area contributed by atoms with Crippen LogP contribution in [0.4, 0.5) is 0 Å². The fourth-order valence-corrected chi connectivity index (χ4v) is 4.63. The molecule has 2 unspecified atom stereocenters. The second kappa shape index (κ2) is 15.0. The first kappa shape index (κ1) is 30.7. The highest BCUT2D eigenvalue weighted by Gasteiger charge is 2.35. The first-order valence-electron chi connectivity index (χ1n) is 12.4. The van der Waals surface area contributed by atoms with Gasteiger partial charge in [0.05, 0.1) is 19.1 Å². The van der Waals surface area contributed by atoms with Crippen molar-refractivity contribution in [2.24, 2.45) is 5.92 Å². The van der Waals surface area contributed by atoms with Crippen molar-refractivity contribution in [3.63, 3.8) is 0 Å². The highest BCUT2D eigenvalue weighted by Crippen LogP contribution is 2.38. The number of rotatable bonds is 9. The summed E-state index contributed by atoms with van der Waals surface area (Å²) < 4.78 is 11.5. The van der Waals surface area contributed by atoms with Crippen LogP contribution >= 0.6 is 24.8 Å². The van der Waals surface area contributed by atoms with E-state index >= 15 is 0 Å². The van der Waals surface area contributed by atoms with Gasteiger partial charge < -0.3 is 9.47 Å². The van der Waals surface area contributed by atoms with Crippen molar-refractivity contribution in [1.82, 2.24) is 9.80 Å². The Morgan fingerprint density at radius 2 is 1.32 bits per heavy atom. The number of piperazine rings is 1. The summed E-state index contributed by atoms with van der Waals surface area (Å²) in [6, 6.07) is 28.9. The van der Waals surface area contributed by atoms with Crippen LogP contribution in [0, 0.1) is 5.92 Å². The lowest BCUT2D eigenvalue weighted by atomic mass is 9.93. The Bertz CT molecular complexity index is 1060. The molecule has 1 heterocycles. The maximum atomic E-state index is 12.8. The van der Waals surface area contributed by atoms with Gasteiger partial charge in [-0.05, 0) is 28.8 Å². The van der Waals surface area contributed by atoms with E-state index in [-0.39, 0.29) is 48.8 Å². The van der Waals surface area contributed by atoms with E-state index in [0.29, 0.717) is 0 Å². The zero-order chi connectivity index (χ0) is 24.6. The predicted molar refractivity (Wildman–Crippen MR) is 154 cm³/mol. The van der Waals surface area contributed by atoms with Crippen LogP contribution < -0.4 is 4.74 Å². The van der Waals surface area contributed by atoms with Crippen LogP contribution in [0.1, 0.15) is 42.7 Å². The quantitative estimate of drug-likeness (QED) is 0.294. The Balaban J connectivity index is 0.00000241. The summed E-state index contributed by atoms with van der Waals surface area (Å²) in [5, 5.41) is 0. The number of methoxy groups -OCH3 is 1. The van der Waals surface area contributed by atoms with Crippen molar-refractivity contribution in [2.75, 3.05) is 33.3 Å². The molecule has 7 heteroatoms. The molecule has 0 N–H and O–H groups in total. The van der Waals surface area contributed by atoms with Gasteiger partial charge in [-0.2, -0.15) is 0 Å². The molecule has 0 spiro atoms. The monoisotopic (exact) mass is 544 g/mol. The number of ether oxygens (including phenoxy) is 2. The Kier molecular flexibility index (Phi) is 12.4. The highest BCUT2D eigenvalue weighted by molar-refractivity contribution is 5.85. The maximum absolute atomic E-state index is 12.8. The largest absolute Gasteiger partial charge is 0.497 e. The predicted octanol–water partition coefficient (Wildman–Crippen LogP) is 6.34. The average Bonchev–Trinajstić information content (AvgIpc) is 2.90. The van der Waals surface area contributed by atoms with Gasteiger partial charge in [0.15, 0.2) is 0 Å². The molecule has 0 amide bonds. The number of carbonyl (C=O) groups excluding carboxylic acids is 1. The summed E-state index contributed by atoms with van der Waals surface area (Å²) in [5.74, 6) is 0.532. The van der Waals surface area contributed by atoms with Gasteiger partial charge in [-0.1, -0.05) is 86.6 Å².